The average Bonchev–Trinajstić information content (AvgIpc) is 2.37. The summed E-state index contributed by atoms with van der Waals surface area (Å²) in [4.78, 5) is 26.1. The van der Waals surface area contributed by atoms with Crippen LogP contribution in [0.3, 0.4) is 0 Å². The van der Waals surface area contributed by atoms with Crippen molar-refractivity contribution in [2.75, 3.05) is 12.4 Å². The molecule has 1 amide bonds. The second kappa shape index (κ2) is 4.93. The van der Waals surface area contributed by atoms with E-state index in [2.05, 4.69) is 10.3 Å². The summed E-state index contributed by atoms with van der Waals surface area (Å²) in [7, 11) is 1.51. The molecule has 6 nitrogen and oxygen atoms in total. The number of ether oxygens (including phenoxy) is 1. The third-order valence-electron chi connectivity index (χ3n) is 2.53. The lowest BCUT2D eigenvalue weighted by atomic mass is 10.1. The number of pyridine rings is 1. The van der Waals surface area contributed by atoms with Crippen LogP contribution in [0.2, 0.25) is 0 Å². The Hall–Kier alpha value is -2.63. The first-order chi connectivity index (χ1) is 9.01. The lowest BCUT2D eigenvalue weighted by Crippen LogP contribution is -2.08. The molecule has 0 unspecified atom stereocenters. The molecule has 0 aliphatic heterocycles. The number of nitrogens with zero attached hydrogens (tertiary/aromatic N) is 1. The molecule has 2 N–H and O–H groups in total. The van der Waals surface area contributed by atoms with Crippen molar-refractivity contribution < 1.29 is 19.4 Å². The number of aromatic carboxylic acids is 1. The van der Waals surface area contributed by atoms with E-state index in [1.54, 1.807) is 18.2 Å². The Morgan fingerprint density at radius 1 is 1.32 bits per heavy atom. The zero-order valence-electron chi connectivity index (χ0n) is 10.4. The summed E-state index contributed by atoms with van der Waals surface area (Å²) in [6, 6.07) is 6.35. The highest BCUT2D eigenvalue weighted by atomic mass is 16.5. The van der Waals surface area contributed by atoms with Gasteiger partial charge in [-0.15, -0.1) is 0 Å². The monoisotopic (exact) mass is 260 g/mol. The first-order valence-corrected chi connectivity index (χ1v) is 5.51. The Bertz CT molecular complexity index is 667. The van der Waals surface area contributed by atoms with E-state index >= 15 is 0 Å². The fourth-order valence-corrected chi connectivity index (χ4v) is 1.73. The normalized spacial score (nSPS) is 10.2. The van der Waals surface area contributed by atoms with E-state index in [0.717, 1.165) is 0 Å². The predicted molar refractivity (Wildman–Crippen MR) is 69.6 cm³/mol. The summed E-state index contributed by atoms with van der Waals surface area (Å²) in [6.07, 6.45) is 0. The molecule has 1 heterocycles. The van der Waals surface area contributed by atoms with E-state index < -0.39 is 5.97 Å². The number of carboxylic acid groups (broad SMARTS) is 1. The molecular formula is C13H12N2O4. The van der Waals surface area contributed by atoms with Gasteiger partial charge in [-0.25, -0.2) is 9.78 Å². The fourth-order valence-electron chi connectivity index (χ4n) is 1.73. The largest absolute Gasteiger partial charge is 0.497 e. The van der Waals surface area contributed by atoms with Crippen molar-refractivity contribution in [3.63, 3.8) is 0 Å². The summed E-state index contributed by atoms with van der Waals surface area (Å²) >= 11 is 0. The van der Waals surface area contributed by atoms with Crippen LogP contribution in [0.1, 0.15) is 17.4 Å². The Balaban J connectivity index is 2.68. The van der Waals surface area contributed by atoms with Gasteiger partial charge in [0, 0.05) is 18.4 Å². The summed E-state index contributed by atoms with van der Waals surface area (Å²) in [5.74, 6) is -0.829. The van der Waals surface area contributed by atoms with Crippen LogP contribution in [0.15, 0.2) is 24.3 Å². The number of fused-ring (bicyclic) bond motifs is 1. The molecule has 98 valence electrons. The predicted octanol–water partition coefficient (Wildman–Crippen LogP) is 1.90. The topological polar surface area (TPSA) is 88.5 Å². The fraction of sp³-hybridized carbons (Fsp3) is 0.154. The van der Waals surface area contributed by atoms with Gasteiger partial charge in [0.15, 0.2) is 0 Å². The van der Waals surface area contributed by atoms with Gasteiger partial charge in [0.2, 0.25) is 5.91 Å². The number of rotatable bonds is 3. The number of hydrogen-bond donors (Lipinski definition) is 2. The molecule has 0 aliphatic carbocycles. The third kappa shape index (κ3) is 2.62. The van der Waals surface area contributed by atoms with E-state index in [4.69, 9.17) is 9.84 Å². The zero-order chi connectivity index (χ0) is 14.0. The Morgan fingerprint density at radius 3 is 2.63 bits per heavy atom. The number of amides is 1. The maximum absolute atomic E-state index is 11.2. The highest BCUT2D eigenvalue weighted by molar-refractivity contribution is 6.01. The number of methoxy groups -OCH3 is 1. The average molecular weight is 260 g/mol. The third-order valence-corrected chi connectivity index (χ3v) is 2.53. The molecule has 2 aromatic rings. The highest BCUT2D eigenvalue weighted by Gasteiger charge is 2.11. The van der Waals surface area contributed by atoms with Gasteiger partial charge in [0.25, 0.3) is 0 Å². The molecule has 0 atom stereocenters. The van der Waals surface area contributed by atoms with Crippen molar-refractivity contribution in [1.82, 2.24) is 4.98 Å². The van der Waals surface area contributed by atoms with Gasteiger partial charge in [0.1, 0.15) is 11.4 Å². The van der Waals surface area contributed by atoms with Crippen LogP contribution in [0.5, 0.6) is 5.75 Å². The van der Waals surface area contributed by atoms with E-state index in [0.29, 0.717) is 22.3 Å². The lowest BCUT2D eigenvalue weighted by molar-refractivity contribution is -0.114. The number of benzene rings is 1. The second-order valence-corrected chi connectivity index (χ2v) is 3.93. The van der Waals surface area contributed by atoms with Gasteiger partial charge in [-0.2, -0.15) is 0 Å². The van der Waals surface area contributed by atoms with Crippen molar-refractivity contribution in [3.05, 3.63) is 30.0 Å². The van der Waals surface area contributed by atoms with Gasteiger partial charge in [-0.3, -0.25) is 4.79 Å². The smallest absolute Gasteiger partial charge is 0.354 e. The zero-order valence-corrected chi connectivity index (χ0v) is 10.4. The van der Waals surface area contributed by atoms with E-state index in [1.807, 2.05) is 0 Å². The van der Waals surface area contributed by atoms with Crippen LogP contribution in [0.25, 0.3) is 10.9 Å². The molecule has 0 saturated carbocycles. The van der Waals surface area contributed by atoms with Crippen LogP contribution < -0.4 is 10.1 Å². The van der Waals surface area contributed by atoms with Gasteiger partial charge < -0.3 is 15.2 Å². The molecule has 1 aromatic carbocycles. The Labute approximate surface area is 109 Å². The number of carbonyl (C=O) groups excluding carboxylic acids is 1. The Kier molecular flexibility index (Phi) is 3.33. The van der Waals surface area contributed by atoms with E-state index in [1.165, 1.54) is 20.1 Å². The van der Waals surface area contributed by atoms with E-state index in [-0.39, 0.29) is 11.6 Å². The van der Waals surface area contributed by atoms with Crippen LogP contribution >= 0.6 is 0 Å². The standard InChI is InChI=1S/C13H12N2O4/c1-7(16)14-11-6-9(19-2)5-8-3-4-10(13(17)18)15-12(8)11/h3-6H,1-2H3,(H,14,16)(H,17,18). The van der Waals surface area contributed by atoms with Gasteiger partial charge in [0.05, 0.1) is 18.3 Å². The van der Waals surface area contributed by atoms with Crippen LogP contribution in [0, 0.1) is 0 Å². The van der Waals surface area contributed by atoms with Gasteiger partial charge in [-0.05, 0) is 12.1 Å². The first-order valence-electron chi connectivity index (χ1n) is 5.51. The van der Waals surface area contributed by atoms with Crippen molar-refractivity contribution in [2.24, 2.45) is 0 Å². The minimum absolute atomic E-state index is 0.0794. The van der Waals surface area contributed by atoms with Gasteiger partial charge in [-0.1, -0.05) is 6.07 Å². The molecule has 6 heteroatoms. The molecule has 0 aliphatic rings. The molecule has 0 bridgehead atoms. The number of carbonyl (C=O) groups is 2. The number of aromatic nitrogens is 1. The lowest BCUT2D eigenvalue weighted by Gasteiger charge is -2.09. The molecular weight excluding hydrogens is 248 g/mol. The number of hydrogen-bond acceptors (Lipinski definition) is 4. The van der Waals surface area contributed by atoms with Crippen LogP contribution in [0.4, 0.5) is 5.69 Å². The van der Waals surface area contributed by atoms with Crippen LogP contribution in [-0.2, 0) is 4.79 Å². The van der Waals surface area contributed by atoms with Crippen molar-refractivity contribution in [1.29, 1.82) is 0 Å². The summed E-state index contributed by atoms with van der Waals surface area (Å²) in [6.45, 7) is 1.37. The minimum Gasteiger partial charge on any atom is -0.497 e. The summed E-state index contributed by atoms with van der Waals surface area (Å²) in [5.41, 5.74) is 0.755. The first kappa shape index (κ1) is 12.8. The van der Waals surface area contributed by atoms with Crippen molar-refractivity contribution in [3.8, 4) is 5.75 Å². The second-order valence-electron chi connectivity index (χ2n) is 3.93. The van der Waals surface area contributed by atoms with Crippen molar-refractivity contribution in [2.45, 2.75) is 6.92 Å². The highest BCUT2D eigenvalue weighted by Crippen LogP contribution is 2.28. The Morgan fingerprint density at radius 2 is 2.05 bits per heavy atom. The minimum atomic E-state index is -1.12. The number of anilines is 1. The quantitative estimate of drug-likeness (QED) is 0.879. The summed E-state index contributed by atoms with van der Waals surface area (Å²) < 4.78 is 5.13. The van der Waals surface area contributed by atoms with Crippen LogP contribution in [-0.4, -0.2) is 29.1 Å². The van der Waals surface area contributed by atoms with Gasteiger partial charge >= 0.3 is 5.97 Å². The number of nitrogens with one attached hydrogen (secondary N) is 1. The van der Waals surface area contributed by atoms with E-state index in [9.17, 15) is 9.59 Å². The maximum Gasteiger partial charge on any atom is 0.354 e. The summed E-state index contributed by atoms with van der Waals surface area (Å²) in [5, 5.41) is 12.2. The molecule has 0 spiro atoms. The molecule has 1 aromatic heterocycles. The molecule has 0 radical (unpaired) electrons. The maximum atomic E-state index is 11.2. The molecule has 0 saturated heterocycles. The molecule has 2 rings (SSSR count). The number of carboxylic acids is 1. The molecule has 19 heavy (non-hydrogen) atoms. The van der Waals surface area contributed by atoms with Crippen molar-refractivity contribution >= 4 is 28.5 Å². The SMILES string of the molecule is COc1cc(NC(C)=O)c2nc(C(=O)O)ccc2c1. The molecule has 0 fully saturated rings.